The molecule has 17 heavy (non-hydrogen) atoms. The quantitative estimate of drug-likeness (QED) is 0.718. The third-order valence-electron chi connectivity index (χ3n) is 3.53. The Kier molecular flexibility index (Phi) is 3.09. The minimum Gasteiger partial charge on any atom is -0.300 e. The molecule has 0 aromatic heterocycles. The first kappa shape index (κ1) is 12.0. The zero-order chi connectivity index (χ0) is 12.5. The fourth-order valence-electron chi connectivity index (χ4n) is 2.43. The van der Waals surface area contributed by atoms with Crippen molar-refractivity contribution < 1.29 is 13.6 Å². The van der Waals surface area contributed by atoms with E-state index in [1.807, 2.05) is 0 Å². The molecule has 2 rings (SSSR count). The highest BCUT2D eigenvalue weighted by molar-refractivity contribution is 5.79. The van der Waals surface area contributed by atoms with Crippen molar-refractivity contribution in [3.8, 4) is 0 Å². The van der Waals surface area contributed by atoms with Crippen LogP contribution in [-0.4, -0.2) is 5.78 Å². The highest BCUT2D eigenvalue weighted by atomic mass is 19.1. The van der Waals surface area contributed by atoms with Crippen molar-refractivity contribution in [2.24, 2.45) is 0 Å². The van der Waals surface area contributed by atoms with Crippen LogP contribution in [0.15, 0.2) is 30.9 Å². The standard InChI is InChI=1S/C14H14F2O/c1-2-14(5-3-13(17)4-6-14)10-7-11(15)9-12(16)8-10/h2,7-9H,1,3-6H2. The topological polar surface area (TPSA) is 17.1 Å². The largest absolute Gasteiger partial charge is 0.300 e. The van der Waals surface area contributed by atoms with E-state index in [2.05, 4.69) is 6.58 Å². The number of ketones is 1. The van der Waals surface area contributed by atoms with Gasteiger partial charge in [-0.1, -0.05) is 6.08 Å². The molecule has 90 valence electrons. The number of rotatable bonds is 2. The highest BCUT2D eigenvalue weighted by Crippen LogP contribution is 2.39. The molecule has 1 saturated carbocycles. The van der Waals surface area contributed by atoms with Crippen molar-refractivity contribution in [2.75, 3.05) is 0 Å². The van der Waals surface area contributed by atoms with E-state index in [-0.39, 0.29) is 5.78 Å². The number of carbonyl (C=O) groups excluding carboxylic acids is 1. The van der Waals surface area contributed by atoms with Gasteiger partial charge in [0.05, 0.1) is 0 Å². The number of hydrogen-bond acceptors (Lipinski definition) is 1. The van der Waals surface area contributed by atoms with E-state index in [0.717, 1.165) is 6.07 Å². The molecule has 0 aliphatic heterocycles. The maximum atomic E-state index is 13.2. The third kappa shape index (κ3) is 2.28. The zero-order valence-electron chi connectivity index (χ0n) is 9.51. The monoisotopic (exact) mass is 236 g/mol. The van der Waals surface area contributed by atoms with Crippen molar-refractivity contribution in [3.63, 3.8) is 0 Å². The predicted octanol–water partition coefficient (Wildman–Crippen LogP) is 3.53. The van der Waals surface area contributed by atoms with Gasteiger partial charge in [-0.2, -0.15) is 0 Å². The van der Waals surface area contributed by atoms with Crippen molar-refractivity contribution in [1.82, 2.24) is 0 Å². The van der Waals surface area contributed by atoms with Crippen LogP contribution in [0, 0.1) is 11.6 Å². The molecule has 1 fully saturated rings. The smallest absolute Gasteiger partial charge is 0.133 e. The van der Waals surface area contributed by atoms with Gasteiger partial charge in [0.15, 0.2) is 0 Å². The Labute approximate surface area is 99.1 Å². The molecule has 0 spiro atoms. The fraction of sp³-hybridized carbons (Fsp3) is 0.357. The third-order valence-corrected chi connectivity index (χ3v) is 3.53. The Morgan fingerprint density at radius 1 is 1.12 bits per heavy atom. The average molecular weight is 236 g/mol. The van der Waals surface area contributed by atoms with Crippen LogP contribution in [0.4, 0.5) is 8.78 Å². The number of allylic oxidation sites excluding steroid dienone is 1. The first-order valence-corrected chi connectivity index (χ1v) is 5.68. The summed E-state index contributed by atoms with van der Waals surface area (Å²) in [6.07, 6.45) is 3.78. The first-order chi connectivity index (χ1) is 8.05. The van der Waals surface area contributed by atoms with Gasteiger partial charge >= 0.3 is 0 Å². The molecule has 0 bridgehead atoms. The van der Waals surface area contributed by atoms with Crippen LogP contribution in [0.25, 0.3) is 0 Å². The lowest BCUT2D eigenvalue weighted by Gasteiger charge is -2.34. The molecule has 1 aliphatic rings. The van der Waals surface area contributed by atoms with Gasteiger partial charge in [-0.3, -0.25) is 4.79 Å². The van der Waals surface area contributed by atoms with Gasteiger partial charge in [0.25, 0.3) is 0 Å². The Balaban J connectivity index is 2.40. The molecule has 1 aromatic rings. The average Bonchev–Trinajstić information content (AvgIpc) is 2.29. The molecular formula is C14H14F2O. The molecule has 1 nitrogen and oxygen atoms in total. The number of hydrogen-bond donors (Lipinski definition) is 0. The van der Waals surface area contributed by atoms with Crippen LogP contribution in [0.3, 0.4) is 0 Å². The van der Waals surface area contributed by atoms with E-state index >= 15 is 0 Å². The van der Waals surface area contributed by atoms with E-state index in [1.165, 1.54) is 12.1 Å². The summed E-state index contributed by atoms with van der Waals surface area (Å²) in [6, 6.07) is 3.52. The van der Waals surface area contributed by atoms with Crippen molar-refractivity contribution in [1.29, 1.82) is 0 Å². The summed E-state index contributed by atoms with van der Waals surface area (Å²) in [6.45, 7) is 3.76. The zero-order valence-corrected chi connectivity index (χ0v) is 9.51. The Bertz CT molecular complexity index is 435. The molecule has 1 aromatic carbocycles. The van der Waals surface area contributed by atoms with E-state index in [9.17, 15) is 13.6 Å². The van der Waals surface area contributed by atoms with Gasteiger partial charge in [-0.15, -0.1) is 6.58 Å². The normalized spacial score (nSPS) is 19.1. The van der Waals surface area contributed by atoms with Crippen LogP contribution in [0.1, 0.15) is 31.2 Å². The second-order valence-electron chi connectivity index (χ2n) is 4.56. The van der Waals surface area contributed by atoms with Crippen molar-refractivity contribution in [2.45, 2.75) is 31.1 Å². The van der Waals surface area contributed by atoms with Crippen LogP contribution in [0.5, 0.6) is 0 Å². The number of carbonyl (C=O) groups is 1. The van der Waals surface area contributed by atoms with Gasteiger partial charge in [0.2, 0.25) is 0 Å². The lowest BCUT2D eigenvalue weighted by Crippen LogP contribution is -2.30. The predicted molar refractivity (Wildman–Crippen MR) is 61.7 cm³/mol. The summed E-state index contributed by atoms with van der Waals surface area (Å²) < 4.78 is 26.4. The van der Waals surface area contributed by atoms with Crippen molar-refractivity contribution >= 4 is 5.78 Å². The second-order valence-corrected chi connectivity index (χ2v) is 4.56. The summed E-state index contributed by atoms with van der Waals surface area (Å²) in [7, 11) is 0. The Morgan fingerprint density at radius 2 is 1.65 bits per heavy atom. The van der Waals surface area contributed by atoms with E-state index < -0.39 is 17.0 Å². The van der Waals surface area contributed by atoms with Crippen LogP contribution >= 0.6 is 0 Å². The van der Waals surface area contributed by atoms with Gasteiger partial charge < -0.3 is 0 Å². The Hall–Kier alpha value is -1.51. The summed E-state index contributed by atoms with van der Waals surface area (Å²) in [4.78, 5) is 11.2. The summed E-state index contributed by atoms with van der Waals surface area (Å²) in [5, 5.41) is 0. The maximum Gasteiger partial charge on any atom is 0.133 e. The SMILES string of the molecule is C=CC1(c2cc(F)cc(F)c2)CCC(=O)CC1. The molecule has 0 N–H and O–H groups in total. The molecule has 0 saturated heterocycles. The van der Waals surface area contributed by atoms with Crippen LogP contribution in [-0.2, 0) is 10.2 Å². The highest BCUT2D eigenvalue weighted by Gasteiger charge is 2.34. The first-order valence-electron chi connectivity index (χ1n) is 5.68. The minimum atomic E-state index is -0.585. The van der Waals surface area contributed by atoms with Crippen LogP contribution in [0.2, 0.25) is 0 Å². The minimum absolute atomic E-state index is 0.208. The summed E-state index contributed by atoms with van der Waals surface area (Å²) >= 11 is 0. The number of halogens is 2. The fourth-order valence-corrected chi connectivity index (χ4v) is 2.43. The molecule has 0 amide bonds. The summed E-state index contributed by atoms with van der Waals surface area (Å²) in [5.74, 6) is -0.962. The van der Waals surface area contributed by atoms with Gasteiger partial charge in [-0.05, 0) is 30.5 Å². The molecular weight excluding hydrogens is 222 g/mol. The van der Waals surface area contributed by atoms with Gasteiger partial charge in [0.1, 0.15) is 17.4 Å². The van der Waals surface area contributed by atoms with Gasteiger partial charge in [0, 0.05) is 24.3 Å². The van der Waals surface area contributed by atoms with Crippen molar-refractivity contribution in [3.05, 3.63) is 48.1 Å². The molecule has 0 radical (unpaired) electrons. The molecule has 0 atom stereocenters. The summed E-state index contributed by atoms with van der Waals surface area (Å²) in [5.41, 5.74) is 0.120. The van der Waals surface area contributed by atoms with E-state index in [4.69, 9.17) is 0 Å². The van der Waals surface area contributed by atoms with Crippen LogP contribution < -0.4 is 0 Å². The lowest BCUT2D eigenvalue weighted by atomic mass is 9.69. The van der Waals surface area contributed by atoms with E-state index in [0.29, 0.717) is 31.2 Å². The van der Waals surface area contributed by atoms with Gasteiger partial charge in [-0.25, -0.2) is 8.78 Å². The molecule has 0 heterocycles. The van der Waals surface area contributed by atoms with E-state index in [1.54, 1.807) is 6.08 Å². The molecule has 1 aliphatic carbocycles. The number of benzene rings is 1. The second kappa shape index (κ2) is 4.40. The number of Topliss-reactive ketones (excluding diaryl/α,β-unsaturated/α-hetero) is 1. The maximum absolute atomic E-state index is 13.2. The Morgan fingerprint density at radius 3 is 2.12 bits per heavy atom. The lowest BCUT2D eigenvalue weighted by molar-refractivity contribution is -0.121. The molecule has 0 unspecified atom stereocenters. The molecule has 3 heteroatoms.